The lowest BCUT2D eigenvalue weighted by molar-refractivity contribution is 0.483. The van der Waals surface area contributed by atoms with E-state index in [1.165, 1.54) is 152 Å². The molecular formula is C36H54B2N2P2. The zero-order valence-electron chi connectivity index (χ0n) is 26.3. The molecular weight excluding hydrogens is 544 g/mol. The number of pyridine rings is 2. The Labute approximate surface area is 263 Å². The van der Waals surface area contributed by atoms with Crippen LogP contribution in [-0.4, -0.2) is 48.1 Å². The van der Waals surface area contributed by atoms with Crippen molar-refractivity contribution >= 4 is 31.3 Å². The van der Waals surface area contributed by atoms with Gasteiger partial charge < -0.3 is 0 Å². The third-order valence-corrected chi connectivity index (χ3v) is 17.9. The second-order valence-corrected chi connectivity index (χ2v) is 19.2. The van der Waals surface area contributed by atoms with Crippen molar-refractivity contribution in [1.29, 1.82) is 0 Å². The van der Waals surface area contributed by atoms with E-state index in [2.05, 4.69) is 51.9 Å². The van der Waals surface area contributed by atoms with Gasteiger partial charge in [0.1, 0.15) is 0 Å². The van der Waals surface area contributed by atoms with Crippen LogP contribution in [0.25, 0.3) is 11.4 Å². The maximum atomic E-state index is 5.33. The van der Waals surface area contributed by atoms with Crippen LogP contribution in [-0.2, 0) is 12.3 Å². The van der Waals surface area contributed by atoms with Gasteiger partial charge in [-0.15, -0.1) is 0 Å². The standard InChI is InChI=1S/C36H54N2P2.B2/c1-5-17-31(18-6-1)39(32-19-7-2-8-20-32)27-29-15-13-25-35(37-29)36-26-14-16-30(38-36)28-40(33-21-9-3-10-22-33)34-23-11-4-12-24-34;1-2/h13-16,25-26,31-34H,1-12,17-24,27-28H2;. The minimum absolute atomic E-state index is 0.0319. The van der Waals surface area contributed by atoms with Crippen molar-refractivity contribution in [3.63, 3.8) is 0 Å². The summed E-state index contributed by atoms with van der Waals surface area (Å²) in [4.78, 5) is 10.7. The molecule has 4 aliphatic rings. The number of nitrogens with zero attached hydrogens (tertiary/aromatic N) is 2. The van der Waals surface area contributed by atoms with Crippen LogP contribution in [0.15, 0.2) is 36.4 Å². The summed E-state index contributed by atoms with van der Waals surface area (Å²) in [6, 6.07) is 13.7. The van der Waals surface area contributed by atoms with E-state index in [-0.39, 0.29) is 15.8 Å². The highest BCUT2D eigenvalue weighted by Crippen LogP contribution is 2.58. The normalized spacial score (nSPS) is 21.8. The number of hydrogen-bond donors (Lipinski definition) is 0. The zero-order valence-corrected chi connectivity index (χ0v) is 28.1. The van der Waals surface area contributed by atoms with E-state index >= 15 is 0 Å². The predicted octanol–water partition coefficient (Wildman–Crippen LogP) is 10.7. The van der Waals surface area contributed by atoms with Crippen LogP contribution in [0.3, 0.4) is 0 Å². The highest BCUT2D eigenvalue weighted by atomic mass is 31.1. The SMILES string of the molecule is [B][B].c1cc(CP(C2CCCCC2)C2CCCCC2)nc(-c2cccc(CP(C3CCCCC3)C3CCCCC3)n2)c1. The van der Waals surface area contributed by atoms with Crippen molar-refractivity contribution in [2.75, 3.05) is 0 Å². The Bertz CT molecular complexity index is 925. The summed E-state index contributed by atoms with van der Waals surface area (Å²) in [5.74, 6) is 0. The van der Waals surface area contributed by atoms with Gasteiger partial charge in [0.25, 0.3) is 0 Å². The minimum atomic E-state index is 0.0319. The molecule has 2 heterocycles. The van der Waals surface area contributed by atoms with Crippen LogP contribution in [0.5, 0.6) is 0 Å². The van der Waals surface area contributed by atoms with Crippen molar-refractivity contribution in [1.82, 2.24) is 9.97 Å². The van der Waals surface area contributed by atoms with Crippen LogP contribution < -0.4 is 0 Å². The number of aromatic nitrogens is 2. The van der Waals surface area contributed by atoms with Crippen LogP contribution in [0.2, 0.25) is 0 Å². The molecule has 4 fully saturated rings. The van der Waals surface area contributed by atoms with E-state index in [1.54, 1.807) is 0 Å². The summed E-state index contributed by atoms with van der Waals surface area (Å²) >= 11 is 0. The van der Waals surface area contributed by atoms with Crippen LogP contribution in [0, 0.1) is 0 Å². The molecule has 2 aromatic rings. The topological polar surface area (TPSA) is 25.8 Å². The van der Waals surface area contributed by atoms with Gasteiger partial charge in [-0.05, 0) is 98.3 Å². The molecule has 0 spiro atoms. The Morgan fingerprint density at radius 3 is 1.02 bits per heavy atom. The first-order valence-corrected chi connectivity index (χ1v) is 20.9. The van der Waals surface area contributed by atoms with E-state index in [0.717, 1.165) is 34.0 Å². The molecule has 0 bridgehead atoms. The Balaban J connectivity index is 0.00000173. The minimum Gasteiger partial charge on any atom is -0.251 e. The van der Waals surface area contributed by atoms with Crippen molar-refractivity contribution in [2.24, 2.45) is 0 Å². The maximum absolute atomic E-state index is 5.33. The van der Waals surface area contributed by atoms with E-state index < -0.39 is 0 Å². The molecule has 6 heteroatoms. The average molecular weight is 598 g/mol. The molecule has 0 atom stereocenters. The van der Waals surface area contributed by atoms with Crippen LogP contribution in [0.1, 0.15) is 140 Å². The molecule has 2 nitrogen and oxygen atoms in total. The first-order valence-electron chi connectivity index (χ1n) is 17.6. The highest BCUT2D eigenvalue weighted by molar-refractivity contribution is 7.58. The number of rotatable bonds is 9. The molecule has 0 amide bonds. The van der Waals surface area contributed by atoms with E-state index in [0.29, 0.717) is 0 Å². The van der Waals surface area contributed by atoms with Gasteiger partial charge >= 0.3 is 0 Å². The summed E-state index contributed by atoms with van der Waals surface area (Å²) in [5, 5.41) is 0. The largest absolute Gasteiger partial charge is 0.251 e. The molecule has 0 N–H and O–H groups in total. The van der Waals surface area contributed by atoms with Crippen molar-refractivity contribution < 1.29 is 0 Å². The van der Waals surface area contributed by atoms with Gasteiger partial charge in [0, 0.05) is 39.2 Å². The maximum Gasteiger partial charge on any atom is 0.0889 e. The molecule has 42 heavy (non-hydrogen) atoms. The second kappa shape index (κ2) is 17.7. The Hall–Kier alpha value is -0.710. The van der Waals surface area contributed by atoms with Crippen molar-refractivity contribution in [3.05, 3.63) is 47.8 Å². The first kappa shape index (κ1) is 32.7. The third kappa shape index (κ3) is 9.16. The lowest BCUT2D eigenvalue weighted by Gasteiger charge is -2.38. The number of hydrogen-bond acceptors (Lipinski definition) is 2. The molecule has 0 aromatic carbocycles. The predicted molar refractivity (Wildman–Crippen MR) is 188 cm³/mol. The van der Waals surface area contributed by atoms with Gasteiger partial charge in [-0.25, -0.2) is 0 Å². The van der Waals surface area contributed by atoms with E-state index in [4.69, 9.17) is 9.97 Å². The third-order valence-electron chi connectivity index (χ3n) is 10.7. The lowest BCUT2D eigenvalue weighted by atomic mass is 9.81. The van der Waals surface area contributed by atoms with Gasteiger partial charge in [-0.2, -0.15) is 0 Å². The summed E-state index contributed by atoms with van der Waals surface area (Å²) in [6.45, 7) is 0. The summed E-state index contributed by atoms with van der Waals surface area (Å²) in [6.07, 6.45) is 31.9. The fourth-order valence-corrected chi connectivity index (χ4v) is 16.0. The van der Waals surface area contributed by atoms with Crippen molar-refractivity contribution in [2.45, 2.75) is 163 Å². The fourth-order valence-electron chi connectivity index (χ4n) is 8.56. The lowest BCUT2D eigenvalue weighted by Crippen LogP contribution is -2.21. The van der Waals surface area contributed by atoms with E-state index in [1.807, 2.05) is 0 Å². The smallest absolute Gasteiger partial charge is 0.0889 e. The summed E-state index contributed by atoms with van der Waals surface area (Å²) in [7, 11) is 8.06. The fraction of sp³-hybridized carbons (Fsp3) is 0.722. The molecule has 2 aromatic heterocycles. The van der Waals surface area contributed by atoms with Gasteiger partial charge in [0.2, 0.25) is 0 Å². The molecule has 4 aliphatic carbocycles. The first-order chi connectivity index (χ1) is 20.8. The Morgan fingerprint density at radius 1 is 0.452 bits per heavy atom. The molecule has 0 unspecified atom stereocenters. The van der Waals surface area contributed by atoms with Gasteiger partial charge in [0.15, 0.2) is 0 Å². The van der Waals surface area contributed by atoms with Crippen molar-refractivity contribution in [3.8, 4) is 11.4 Å². The summed E-state index contributed by atoms with van der Waals surface area (Å²) < 4.78 is 0. The Morgan fingerprint density at radius 2 is 0.738 bits per heavy atom. The van der Waals surface area contributed by atoms with E-state index in [9.17, 15) is 0 Å². The van der Waals surface area contributed by atoms with Crippen LogP contribution >= 0.6 is 15.8 Å². The molecule has 4 saturated carbocycles. The molecule has 6 rings (SSSR count). The quantitative estimate of drug-likeness (QED) is 0.212. The average Bonchev–Trinajstić information content (AvgIpc) is 3.09. The molecule has 0 saturated heterocycles. The second-order valence-electron chi connectivity index (χ2n) is 13.5. The Kier molecular flexibility index (Phi) is 13.8. The van der Waals surface area contributed by atoms with Crippen LogP contribution in [0.4, 0.5) is 0 Å². The van der Waals surface area contributed by atoms with Gasteiger partial charge in [-0.1, -0.05) is 105 Å². The summed E-state index contributed by atoms with van der Waals surface area (Å²) in [5.41, 5.74) is 8.85. The van der Waals surface area contributed by atoms with Gasteiger partial charge in [0.05, 0.1) is 11.4 Å². The van der Waals surface area contributed by atoms with Gasteiger partial charge in [-0.3, -0.25) is 9.97 Å². The molecule has 224 valence electrons. The zero-order chi connectivity index (χ0) is 29.0. The monoisotopic (exact) mass is 598 g/mol. The highest BCUT2D eigenvalue weighted by Gasteiger charge is 2.33. The molecule has 0 aliphatic heterocycles. The molecule has 4 radical (unpaired) electrons.